The van der Waals surface area contributed by atoms with E-state index in [1.165, 1.54) is 4.68 Å². The van der Waals surface area contributed by atoms with Crippen molar-refractivity contribution in [1.82, 2.24) is 14.2 Å². The Labute approximate surface area is 212 Å². The van der Waals surface area contributed by atoms with E-state index in [1.807, 2.05) is 84.9 Å². The van der Waals surface area contributed by atoms with Crippen LogP contribution in [-0.2, 0) is 6.54 Å². The lowest BCUT2D eigenvalue weighted by Crippen LogP contribution is -2.20. The van der Waals surface area contributed by atoms with Crippen molar-refractivity contribution in [3.8, 4) is 11.4 Å². The lowest BCUT2D eigenvalue weighted by atomic mass is 10.2. The number of rotatable bonds is 5. The molecule has 174 valence electrons. The molecule has 0 N–H and O–H groups in total. The first-order valence-corrected chi connectivity index (χ1v) is 12.0. The molecule has 0 fully saturated rings. The van der Waals surface area contributed by atoms with Crippen molar-refractivity contribution in [1.29, 1.82) is 0 Å². The standard InChI is InChI=1S/C30H21ClN4O/c31-24-16-14-21(15-17-24)19-34-20-23(25-10-5-7-13-28(25)34)18-32-35-29(22-8-2-1-3-9-22)33-27-12-6-4-11-26(27)30(35)36/h1-18,20H,19H2. The topological polar surface area (TPSA) is 52.2 Å². The number of hydrogen-bond acceptors (Lipinski definition) is 3. The Morgan fingerprint density at radius 2 is 1.50 bits per heavy atom. The zero-order valence-corrected chi connectivity index (χ0v) is 20.0. The molecule has 0 unspecified atom stereocenters. The molecule has 0 atom stereocenters. The lowest BCUT2D eigenvalue weighted by Gasteiger charge is -2.09. The molecular weight excluding hydrogens is 468 g/mol. The predicted octanol–water partition coefficient (Wildman–Crippen LogP) is 6.60. The van der Waals surface area contributed by atoms with Gasteiger partial charge in [0.2, 0.25) is 0 Å². The fraction of sp³-hybridized carbons (Fsp3) is 0.0333. The van der Waals surface area contributed by atoms with Gasteiger partial charge in [0.25, 0.3) is 5.56 Å². The molecule has 5 nitrogen and oxygen atoms in total. The van der Waals surface area contributed by atoms with Gasteiger partial charge in [-0.1, -0.05) is 84.4 Å². The summed E-state index contributed by atoms with van der Waals surface area (Å²) in [6.45, 7) is 0.693. The Morgan fingerprint density at radius 1 is 0.806 bits per heavy atom. The third kappa shape index (κ3) is 4.10. The molecule has 6 heteroatoms. The summed E-state index contributed by atoms with van der Waals surface area (Å²) in [7, 11) is 0. The molecule has 0 spiro atoms. The monoisotopic (exact) mass is 488 g/mol. The van der Waals surface area contributed by atoms with Crippen molar-refractivity contribution in [2.75, 3.05) is 0 Å². The van der Waals surface area contributed by atoms with Gasteiger partial charge in [0.1, 0.15) is 0 Å². The highest BCUT2D eigenvalue weighted by Gasteiger charge is 2.13. The Hall–Kier alpha value is -4.48. The zero-order chi connectivity index (χ0) is 24.5. The van der Waals surface area contributed by atoms with Crippen molar-refractivity contribution in [3.05, 3.63) is 136 Å². The van der Waals surface area contributed by atoms with Crippen LogP contribution in [0.2, 0.25) is 5.02 Å². The average Bonchev–Trinajstić information content (AvgIpc) is 3.27. The first-order chi connectivity index (χ1) is 17.7. The molecule has 6 rings (SSSR count). The van der Waals surface area contributed by atoms with Gasteiger partial charge in [-0.25, -0.2) is 4.98 Å². The molecular formula is C30H21ClN4O. The van der Waals surface area contributed by atoms with Gasteiger partial charge < -0.3 is 4.57 Å². The SMILES string of the molecule is O=c1c2ccccc2nc(-c2ccccc2)n1N=Cc1cn(Cc2ccc(Cl)cc2)c2ccccc12. The molecule has 0 aliphatic heterocycles. The van der Waals surface area contributed by atoms with Gasteiger partial charge in [-0.05, 0) is 35.9 Å². The molecule has 0 aliphatic rings. The summed E-state index contributed by atoms with van der Waals surface area (Å²) in [5.74, 6) is 0.500. The summed E-state index contributed by atoms with van der Waals surface area (Å²) in [4.78, 5) is 18.3. The summed E-state index contributed by atoms with van der Waals surface area (Å²) in [6.07, 6.45) is 3.80. The van der Waals surface area contributed by atoms with Crippen LogP contribution < -0.4 is 5.56 Å². The molecule has 6 aromatic rings. The van der Waals surface area contributed by atoms with Gasteiger partial charge in [0, 0.05) is 39.8 Å². The average molecular weight is 489 g/mol. The fourth-order valence-corrected chi connectivity index (χ4v) is 4.55. The minimum absolute atomic E-state index is 0.208. The molecule has 4 aromatic carbocycles. The highest BCUT2D eigenvalue weighted by atomic mass is 35.5. The maximum absolute atomic E-state index is 13.5. The summed E-state index contributed by atoms with van der Waals surface area (Å²) in [6, 6.07) is 33.0. The van der Waals surface area contributed by atoms with Gasteiger partial charge in [-0.3, -0.25) is 4.79 Å². The van der Waals surface area contributed by atoms with Crippen molar-refractivity contribution < 1.29 is 0 Å². The molecule has 0 saturated heterocycles. The quantitative estimate of drug-likeness (QED) is 0.257. The summed E-state index contributed by atoms with van der Waals surface area (Å²) in [5.41, 5.74) is 4.40. The van der Waals surface area contributed by atoms with E-state index in [1.54, 1.807) is 12.3 Å². The van der Waals surface area contributed by atoms with Gasteiger partial charge in [-0.2, -0.15) is 9.78 Å². The van der Waals surface area contributed by atoms with Crippen molar-refractivity contribution in [3.63, 3.8) is 0 Å². The highest BCUT2D eigenvalue weighted by molar-refractivity contribution is 6.30. The van der Waals surface area contributed by atoms with Crippen LogP contribution in [0.3, 0.4) is 0 Å². The summed E-state index contributed by atoms with van der Waals surface area (Å²) in [5, 5.41) is 6.97. The van der Waals surface area contributed by atoms with Crippen LogP contribution >= 0.6 is 11.6 Å². The lowest BCUT2D eigenvalue weighted by molar-refractivity contribution is 0.826. The third-order valence-electron chi connectivity index (χ3n) is 6.18. The molecule has 0 amide bonds. The first-order valence-electron chi connectivity index (χ1n) is 11.6. The van der Waals surface area contributed by atoms with Crippen LogP contribution in [0.1, 0.15) is 11.1 Å². The van der Waals surface area contributed by atoms with E-state index in [4.69, 9.17) is 16.6 Å². The Bertz CT molecular complexity index is 1780. The molecule has 0 aliphatic carbocycles. The highest BCUT2D eigenvalue weighted by Crippen LogP contribution is 2.23. The van der Waals surface area contributed by atoms with Crippen LogP contribution in [0.4, 0.5) is 0 Å². The van der Waals surface area contributed by atoms with Crippen LogP contribution in [0.15, 0.2) is 119 Å². The Kier molecular flexibility index (Phi) is 5.68. The zero-order valence-electron chi connectivity index (χ0n) is 19.3. The second kappa shape index (κ2) is 9.29. The minimum atomic E-state index is -0.208. The largest absolute Gasteiger partial charge is 0.342 e. The number of fused-ring (bicyclic) bond motifs is 2. The van der Waals surface area contributed by atoms with E-state index < -0.39 is 0 Å². The van der Waals surface area contributed by atoms with E-state index in [0.717, 1.165) is 27.6 Å². The maximum Gasteiger partial charge on any atom is 0.282 e. The summed E-state index contributed by atoms with van der Waals surface area (Å²) < 4.78 is 3.57. The number of hydrogen-bond donors (Lipinski definition) is 0. The van der Waals surface area contributed by atoms with Gasteiger partial charge in [0.15, 0.2) is 5.82 Å². The van der Waals surface area contributed by atoms with Crippen LogP contribution in [0, 0.1) is 0 Å². The van der Waals surface area contributed by atoms with Gasteiger partial charge in [-0.15, -0.1) is 0 Å². The third-order valence-corrected chi connectivity index (χ3v) is 6.44. The second-order valence-corrected chi connectivity index (χ2v) is 8.97. The number of aromatic nitrogens is 3. The number of nitrogens with zero attached hydrogens (tertiary/aromatic N) is 4. The number of halogens is 1. The predicted molar refractivity (Wildman–Crippen MR) is 147 cm³/mol. The Morgan fingerprint density at radius 3 is 2.31 bits per heavy atom. The van der Waals surface area contributed by atoms with Gasteiger partial charge in [0.05, 0.1) is 17.1 Å². The summed E-state index contributed by atoms with van der Waals surface area (Å²) >= 11 is 6.06. The maximum atomic E-state index is 13.5. The van der Waals surface area contributed by atoms with Crippen molar-refractivity contribution in [2.45, 2.75) is 6.54 Å². The van der Waals surface area contributed by atoms with Crippen LogP contribution in [0.5, 0.6) is 0 Å². The van der Waals surface area contributed by atoms with Crippen molar-refractivity contribution in [2.24, 2.45) is 5.10 Å². The van der Waals surface area contributed by atoms with Crippen molar-refractivity contribution >= 4 is 39.6 Å². The van der Waals surface area contributed by atoms with Gasteiger partial charge >= 0.3 is 0 Å². The normalized spacial score (nSPS) is 11.6. The molecule has 36 heavy (non-hydrogen) atoms. The molecule has 2 heterocycles. The number of benzene rings is 4. The minimum Gasteiger partial charge on any atom is -0.342 e. The van der Waals surface area contributed by atoms with E-state index in [9.17, 15) is 4.79 Å². The molecule has 2 aromatic heterocycles. The fourth-order valence-electron chi connectivity index (χ4n) is 4.42. The molecule has 0 saturated carbocycles. The van der Waals surface area contributed by atoms with E-state index in [-0.39, 0.29) is 5.56 Å². The number of para-hydroxylation sites is 2. The Balaban J connectivity index is 1.48. The van der Waals surface area contributed by atoms with E-state index >= 15 is 0 Å². The second-order valence-electron chi connectivity index (χ2n) is 8.54. The smallest absolute Gasteiger partial charge is 0.282 e. The van der Waals surface area contributed by atoms with E-state index in [0.29, 0.717) is 28.3 Å². The molecule has 0 bridgehead atoms. The first kappa shape index (κ1) is 22.0. The van der Waals surface area contributed by atoms with E-state index in [2.05, 4.69) is 28.0 Å². The van der Waals surface area contributed by atoms with Crippen LogP contribution in [-0.4, -0.2) is 20.4 Å². The van der Waals surface area contributed by atoms with Crippen LogP contribution in [0.25, 0.3) is 33.2 Å². The molecule has 0 radical (unpaired) electrons.